The summed E-state index contributed by atoms with van der Waals surface area (Å²) in [6, 6.07) is 5.55. The highest BCUT2D eigenvalue weighted by atomic mass is 32.2. The zero-order valence-corrected chi connectivity index (χ0v) is 13.1. The van der Waals surface area contributed by atoms with Crippen LogP contribution in [0.1, 0.15) is 18.3 Å². The Balaban J connectivity index is 2.11. The van der Waals surface area contributed by atoms with Crippen LogP contribution >= 0.6 is 11.8 Å². The maximum atomic E-state index is 12.0. The number of fused-ring (bicyclic) bond motifs is 1. The molecule has 0 fully saturated rings. The average Bonchev–Trinajstić information content (AvgIpc) is 2.47. The number of para-hydroxylation sites is 1. The summed E-state index contributed by atoms with van der Waals surface area (Å²) in [5.41, 5.74) is 1.59. The Morgan fingerprint density at radius 2 is 2.24 bits per heavy atom. The van der Waals surface area contributed by atoms with E-state index in [2.05, 4.69) is 14.7 Å². The number of nitrogens with one attached hydrogen (secondary N) is 1. The summed E-state index contributed by atoms with van der Waals surface area (Å²) in [5, 5.41) is 0.603. The van der Waals surface area contributed by atoms with Gasteiger partial charge in [-0.2, -0.15) is 11.8 Å². The van der Waals surface area contributed by atoms with Gasteiger partial charge in [0.15, 0.2) is 0 Å². The number of ether oxygens (including phenoxy) is 1. The minimum absolute atomic E-state index is 0.125. The van der Waals surface area contributed by atoms with Crippen LogP contribution in [0.3, 0.4) is 0 Å². The number of aromatic nitrogens is 2. The number of benzene rings is 1. The molecule has 1 heterocycles. The SMILES string of the molecule is COC(=O)C(C)CSCc1nc2c(C)cccc2c(=O)[nH]1. The minimum Gasteiger partial charge on any atom is -0.469 e. The van der Waals surface area contributed by atoms with Crippen LogP contribution in [0.15, 0.2) is 23.0 Å². The van der Waals surface area contributed by atoms with E-state index in [1.54, 1.807) is 17.8 Å². The molecular weight excluding hydrogens is 288 g/mol. The van der Waals surface area contributed by atoms with Gasteiger partial charge in [0.05, 0.1) is 29.7 Å². The average molecular weight is 306 g/mol. The number of esters is 1. The van der Waals surface area contributed by atoms with Crippen LogP contribution in [-0.2, 0) is 15.3 Å². The van der Waals surface area contributed by atoms with Crippen molar-refractivity contribution < 1.29 is 9.53 Å². The standard InChI is InChI=1S/C15H18N2O3S/c1-9-5-4-6-11-13(9)16-12(17-14(11)18)8-21-7-10(2)15(19)20-3/h4-6,10H,7-8H2,1-3H3,(H,16,17,18). The monoisotopic (exact) mass is 306 g/mol. The highest BCUT2D eigenvalue weighted by molar-refractivity contribution is 7.98. The van der Waals surface area contributed by atoms with E-state index < -0.39 is 0 Å². The minimum atomic E-state index is -0.224. The third kappa shape index (κ3) is 3.64. The summed E-state index contributed by atoms with van der Waals surface area (Å²) < 4.78 is 4.68. The molecule has 6 heteroatoms. The molecule has 1 aromatic carbocycles. The lowest BCUT2D eigenvalue weighted by molar-refractivity contribution is -0.143. The van der Waals surface area contributed by atoms with E-state index >= 15 is 0 Å². The summed E-state index contributed by atoms with van der Waals surface area (Å²) >= 11 is 1.55. The van der Waals surface area contributed by atoms with Gasteiger partial charge in [0.2, 0.25) is 0 Å². The second-order valence-corrected chi connectivity index (χ2v) is 5.95. The van der Waals surface area contributed by atoms with Gasteiger partial charge in [0, 0.05) is 5.75 Å². The van der Waals surface area contributed by atoms with Crippen molar-refractivity contribution in [2.45, 2.75) is 19.6 Å². The van der Waals surface area contributed by atoms with Gasteiger partial charge >= 0.3 is 5.97 Å². The van der Waals surface area contributed by atoms with E-state index in [1.807, 2.05) is 26.0 Å². The third-order valence-electron chi connectivity index (χ3n) is 3.20. The van der Waals surface area contributed by atoms with Crippen molar-refractivity contribution in [1.82, 2.24) is 9.97 Å². The number of hydrogen-bond acceptors (Lipinski definition) is 5. The van der Waals surface area contributed by atoms with Crippen LogP contribution in [0.2, 0.25) is 0 Å². The number of rotatable bonds is 5. The van der Waals surface area contributed by atoms with Crippen molar-refractivity contribution in [3.63, 3.8) is 0 Å². The number of carbonyl (C=O) groups is 1. The van der Waals surface area contributed by atoms with Crippen molar-refractivity contribution in [3.8, 4) is 0 Å². The molecular formula is C15H18N2O3S. The second-order valence-electron chi connectivity index (χ2n) is 4.92. The number of hydrogen-bond donors (Lipinski definition) is 1. The lowest BCUT2D eigenvalue weighted by atomic mass is 10.1. The zero-order chi connectivity index (χ0) is 15.4. The van der Waals surface area contributed by atoms with Crippen LogP contribution in [0.25, 0.3) is 10.9 Å². The third-order valence-corrected chi connectivity index (χ3v) is 4.41. The van der Waals surface area contributed by atoms with E-state index in [9.17, 15) is 9.59 Å². The van der Waals surface area contributed by atoms with Crippen molar-refractivity contribution >= 4 is 28.6 Å². The Kier molecular flexibility index (Phi) is 5.01. The number of carbonyl (C=O) groups excluding carboxylic acids is 1. The molecule has 5 nitrogen and oxygen atoms in total. The first-order chi connectivity index (χ1) is 10.0. The predicted octanol–water partition coefficient (Wildman–Crippen LogP) is 2.27. The van der Waals surface area contributed by atoms with E-state index in [1.165, 1.54) is 7.11 Å². The smallest absolute Gasteiger partial charge is 0.309 e. The molecule has 0 aliphatic heterocycles. The molecule has 2 aromatic rings. The van der Waals surface area contributed by atoms with Gasteiger partial charge in [-0.15, -0.1) is 0 Å². The highest BCUT2D eigenvalue weighted by Gasteiger charge is 2.13. The molecule has 21 heavy (non-hydrogen) atoms. The van der Waals surface area contributed by atoms with E-state index in [4.69, 9.17) is 0 Å². The Hall–Kier alpha value is -1.82. The molecule has 0 aliphatic carbocycles. The number of methoxy groups -OCH3 is 1. The number of aromatic amines is 1. The summed E-state index contributed by atoms with van der Waals surface area (Å²) in [6.45, 7) is 3.75. The van der Waals surface area contributed by atoms with Crippen molar-refractivity contribution in [3.05, 3.63) is 39.9 Å². The Labute approximate surface area is 127 Å². The molecule has 1 N–H and O–H groups in total. The number of aryl methyl sites for hydroxylation is 1. The van der Waals surface area contributed by atoms with Crippen molar-refractivity contribution in [2.24, 2.45) is 5.92 Å². The molecule has 1 atom stereocenters. The van der Waals surface area contributed by atoms with Crippen LogP contribution in [-0.4, -0.2) is 28.8 Å². The van der Waals surface area contributed by atoms with Gasteiger partial charge in [0.25, 0.3) is 5.56 Å². The fraction of sp³-hybridized carbons (Fsp3) is 0.400. The maximum absolute atomic E-state index is 12.0. The Morgan fingerprint density at radius 1 is 1.48 bits per heavy atom. The normalized spacial score (nSPS) is 12.3. The molecule has 112 valence electrons. The van der Waals surface area contributed by atoms with Gasteiger partial charge in [0.1, 0.15) is 5.82 Å². The van der Waals surface area contributed by atoms with Gasteiger partial charge in [-0.1, -0.05) is 19.1 Å². The largest absolute Gasteiger partial charge is 0.469 e. The lowest BCUT2D eigenvalue weighted by Gasteiger charge is -2.08. The molecule has 0 bridgehead atoms. The van der Waals surface area contributed by atoms with Gasteiger partial charge < -0.3 is 9.72 Å². The first-order valence-electron chi connectivity index (χ1n) is 6.67. The second kappa shape index (κ2) is 6.76. The molecule has 0 radical (unpaired) electrons. The van der Waals surface area contributed by atoms with Crippen molar-refractivity contribution in [1.29, 1.82) is 0 Å². The summed E-state index contributed by atoms with van der Waals surface area (Å²) in [7, 11) is 1.38. The van der Waals surface area contributed by atoms with Gasteiger partial charge in [-0.05, 0) is 18.6 Å². The first kappa shape index (κ1) is 15.6. The number of H-pyrrole nitrogens is 1. The summed E-state index contributed by atoms with van der Waals surface area (Å²) in [5.74, 6) is 1.42. The van der Waals surface area contributed by atoms with E-state index in [0.29, 0.717) is 22.7 Å². The van der Waals surface area contributed by atoms with Crippen LogP contribution in [0.4, 0.5) is 0 Å². The molecule has 0 saturated heterocycles. The molecule has 2 rings (SSSR count). The van der Waals surface area contributed by atoms with Crippen LogP contribution < -0.4 is 5.56 Å². The molecule has 0 saturated carbocycles. The highest BCUT2D eigenvalue weighted by Crippen LogP contribution is 2.16. The fourth-order valence-corrected chi connectivity index (χ4v) is 2.96. The summed E-state index contributed by atoms with van der Waals surface area (Å²) in [6.07, 6.45) is 0. The molecule has 0 spiro atoms. The quantitative estimate of drug-likeness (QED) is 0.858. The number of nitrogens with zero attached hydrogens (tertiary/aromatic N) is 1. The van der Waals surface area contributed by atoms with E-state index in [-0.39, 0.29) is 17.4 Å². The topological polar surface area (TPSA) is 72.0 Å². The van der Waals surface area contributed by atoms with Crippen LogP contribution in [0, 0.1) is 12.8 Å². The van der Waals surface area contributed by atoms with Crippen molar-refractivity contribution in [2.75, 3.05) is 12.9 Å². The fourth-order valence-electron chi connectivity index (χ4n) is 2.02. The lowest BCUT2D eigenvalue weighted by Crippen LogP contribution is -2.16. The molecule has 1 unspecified atom stereocenters. The Bertz CT molecular complexity index is 712. The van der Waals surface area contributed by atoms with Gasteiger partial charge in [-0.3, -0.25) is 9.59 Å². The van der Waals surface area contributed by atoms with Gasteiger partial charge in [-0.25, -0.2) is 4.98 Å². The molecule has 0 amide bonds. The predicted molar refractivity (Wildman–Crippen MR) is 84.4 cm³/mol. The Morgan fingerprint density at radius 3 is 2.95 bits per heavy atom. The van der Waals surface area contributed by atoms with E-state index in [0.717, 1.165) is 11.1 Å². The maximum Gasteiger partial charge on any atom is 0.309 e. The zero-order valence-electron chi connectivity index (χ0n) is 12.3. The molecule has 1 aromatic heterocycles. The summed E-state index contributed by atoms with van der Waals surface area (Å²) in [4.78, 5) is 30.6. The molecule has 0 aliphatic rings. The number of thioether (sulfide) groups is 1. The van der Waals surface area contributed by atoms with Crippen LogP contribution in [0.5, 0.6) is 0 Å². The first-order valence-corrected chi connectivity index (χ1v) is 7.82.